The molecule has 0 spiro atoms. The van der Waals surface area contributed by atoms with Crippen LogP contribution >= 0.6 is 0 Å². The lowest BCUT2D eigenvalue weighted by atomic mass is 10.0. The van der Waals surface area contributed by atoms with E-state index in [1.165, 1.54) is 31.2 Å². The van der Waals surface area contributed by atoms with E-state index in [4.69, 9.17) is 0 Å². The maximum Gasteiger partial charge on any atom is 0.240 e. The first-order valence-electron chi connectivity index (χ1n) is 10.00. The number of fused-ring (bicyclic) bond motifs is 1. The molecule has 26 heavy (non-hydrogen) atoms. The van der Waals surface area contributed by atoms with Gasteiger partial charge in [0.1, 0.15) is 0 Å². The second kappa shape index (κ2) is 8.10. The lowest BCUT2D eigenvalue weighted by molar-refractivity contribution is -0.136. The molecular formula is C22H35N3O. The van der Waals surface area contributed by atoms with Gasteiger partial charge < -0.3 is 9.80 Å². The minimum absolute atomic E-state index is 0.0858. The number of hydrogen-bond acceptors (Lipinski definition) is 3. The highest BCUT2D eigenvalue weighted by molar-refractivity contribution is 5.82. The van der Waals surface area contributed by atoms with E-state index in [2.05, 4.69) is 53.1 Å². The molecule has 0 radical (unpaired) electrons. The van der Waals surface area contributed by atoms with E-state index in [-0.39, 0.29) is 11.9 Å². The van der Waals surface area contributed by atoms with Crippen LogP contribution in [0.4, 0.5) is 0 Å². The second-order valence-electron chi connectivity index (χ2n) is 8.85. The van der Waals surface area contributed by atoms with E-state index in [1.807, 2.05) is 27.2 Å². The molecule has 1 aromatic carbocycles. The van der Waals surface area contributed by atoms with Gasteiger partial charge in [-0.1, -0.05) is 30.3 Å². The highest BCUT2D eigenvalue weighted by Crippen LogP contribution is 2.46. The molecular weight excluding hydrogens is 322 g/mol. The van der Waals surface area contributed by atoms with Crippen molar-refractivity contribution in [2.75, 3.05) is 35.2 Å². The molecule has 4 nitrogen and oxygen atoms in total. The maximum atomic E-state index is 13.2. The molecule has 0 bridgehead atoms. The van der Waals surface area contributed by atoms with Crippen molar-refractivity contribution in [3.63, 3.8) is 0 Å². The third kappa shape index (κ3) is 4.12. The topological polar surface area (TPSA) is 26.8 Å². The Morgan fingerprint density at radius 2 is 1.46 bits per heavy atom. The molecule has 2 fully saturated rings. The van der Waals surface area contributed by atoms with Gasteiger partial charge in [-0.15, -0.1) is 0 Å². The first-order valence-corrected chi connectivity index (χ1v) is 10.00. The summed E-state index contributed by atoms with van der Waals surface area (Å²) in [4.78, 5) is 19.8. The van der Waals surface area contributed by atoms with Gasteiger partial charge >= 0.3 is 0 Å². The highest BCUT2D eigenvalue weighted by Gasteiger charge is 2.44. The highest BCUT2D eigenvalue weighted by atomic mass is 16.2. The van der Waals surface area contributed by atoms with Crippen LogP contribution in [0.5, 0.6) is 0 Å². The lowest BCUT2D eigenvalue weighted by Gasteiger charge is -2.33. The molecule has 0 aliphatic heterocycles. The van der Waals surface area contributed by atoms with Crippen LogP contribution in [-0.4, -0.2) is 74.0 Å². The zero-order valence-corrected chi connectivity index (χ0v) is 17.1. The van der Waals surface area contributed by atoms with Crippen LogP contribution in [0.2, 0.25) is 0 Å². The van der Waals surface area contributed by atoms with Crippen molar-refractivity contribution in [3.8, 4) is 0 Å². The predicted molar refractivity (Wildman–Crippen MR) is 107 cm³/mol. The van der Waals surface area contributed by atoms with E-state index in [9.17, 15) is 4.79 Å². The Kier molecular flexibility index (Phi) is 6.03. The standard InChI is InChI=1S/C22H35N3O/c1-23(2)19-12-17-14-20(15-18(17)13-19)25(5)22(26)21(24(3)4)11-16-9-7-6-8-10-16/h6-10,17-21H,11-15H2,1-5H3/t17-,18+,19?,20?,21-/m0/s1. The van der Waals surface area contributed by atoms with Crippen molar-refractivity contribution in [1.29, 1.82) is 0 Å². The molecule has 1 amide bonds. The quantitative estimate of drug-likeness (QED) is 0.783. The van der Waals surface area contributed by atoms with Crippen molar-refractivity contribution in [2.45, 2.75) is 50.2 Å². The van der Waals surface area contributed by atoms with Crippen LogP contribution in [0.25, 0.3) is 0 Å². The molecule has 4 heteroatoms. The third-order valence-electron chi connectivity index (χ3n) is 6.77. The maximum absolute atomic E-state index is 13.2. The van der Waals surface area contributed by atoms with Crippen LogP contribution in [0.15, 0.2) is 30.3 Å². The smallest absolute Gasteiger partial charge is 0.240 e. The van der Waals surface area contributed by atoms with Crippen molar-refractivity contribution < 1.29 is 4.79 Å². The summed E-state index contributed by atoms with van der Waals surface area (Å²) in [5.74, 6) is 1.87. The van der Waals surface area contributed by atoms with Gasteiger partial charge in [0.25, 0.3) is 0 Å². The first-order chi connectivity index (χ1) is 12.4. The monoisotopic (exact) mass is 357 g/mol. The van der Waals surface area contributed by atoms with Crippen LogP contribution < -0.4 is 0 Å². The van der Waals surface area contributed by atoms with Gasteiger partial charge in [0.15, 0.2) is 0 Å². The molecule has 5 atom stereocenters. The van der Waals surface area contributed by atoms with Crippen molar-refractivity contribution in [2.24, 2.45) is 11.8 Å². The average Bonchev–Trinajstić information content (AvgIpc) is 3.18. The molecule has 0 N–H and O–H groups in total. The average molecular weight is 358 g/mol. The van der Waals surface area contributed by atoms with Crippen molar-refractivity contribution >= 4 is 5.91 Å². The predicted octanol–water partition coefficient (Wildman–Crippen LogP) is 2.74. The Labute approximate surface area is 159 Å². The number of carbonyl (C=O) groups is 1. The first kappa shape index (κ1) is 19.4. The van der Waals surface area contributed by atoms with Gasteiger partial charge in [-0.3, -0.25) is 9.69 Å². The third-order valence-corrected chi connectivity index (χ3v) is 6.77. The zero-order valence-electron chi connectivity index (χ0n) is 17.1. The number of amides is 1. The molecule has 1 aromatic rings. The van der Waals surface area contributed by atoms with Gasteiger partial charge in [-0.25, -0.2) is 0 Å². The van der Waals surface area contributed by atoms with Gasteiger partial charge in [-0.05, 0) is 77.7 Å². The van der Waals surface area contributed by atoms with Crippen molar-refractivity contribution in [3.05, 3.63) is 35.9 Å². The molecule has 0 aromatic heterocycles. The minimum Gasteiger partial charge on any atom is -0.341 e. The molecule has 0 heterocycles. The fraction of sp³-hybridized carbons (Fsp3) is 0.682. The van der Waals surface area contributed by atoms with Crippen LogP contribution in [0.1, 0.15) is 31.2 Å². The Morgan fingerprint density at radius 1 is 0.923 bits per heavy atom. The number of nitrogens with zero attached hydrogens (tertiary/aromatic N) is 3. The van der Waals surface area contributed by atoms with Crippen molar-refractivity contribution in [1.82, 2.24) is 14.7 Å². The summed E-state index contributed by atoms with van der Waals surface area (Å²) in [5.41, 5.74) is 1.23. The number of likely N-dealkylation sites (N-methyl/N-ethyl adjacent to an activating group) is 2. The summed E-state index contributed by atoms with van der Waals surface area (Å²) < 4.78 is 0. The van der Waals surface area contributed by atoms with E-state index in [1.54, 1.807) is 0 Å². The summed E-state index contributed by atoms with van der Waals surface area (Å²) >= 11 is 0. The summed E-state index contributed by atoms with van der Waals surface area (Å²) in [6, 6.07) is 11.4. The van der Waals surface area contributed by atoms with Gasteiger partial charge in [-0.2, -0.15) is 0 Å². The Bertz CT molecular complexity index is 587. The molecule has 144 valence electrons. The number of hydrogen-bond donors (Lipinski definition) is 0. The van der Waals surface area contributed by atoms with Gasteiger partial charge in [0.05, 0.1) is 6.04 Å². The summed E-state index contributed by atoms with van der Waals surface area (Å²) in [6.07, 6.45) is 5.75. The Hall–Kier alpha value is -1.39. The van der Waals surface area contributed by atoms with Crippen LogP contribution in [-0.2, 0) is 11.2 Å². The molecule has 2 saturated carbocycles. The van der Waals surface area contributed by atoms with E-state index in [0.717, 1.165) is 24.3 Å². The summed E-state index contributed by atoms with van der Waals surface area (Å²) in [6.45, 7) is 0. The molecule has 2 unspecified atom stereocenters. The molecule has 3 rings (SSSR count). The van der Waals surface area contributed by atoms with E-state index in [0.29, 0.717) is 6.04 Å². The fourth-order valence-corrected chi connectivity index (χ4v) is 5.03. The van der Waals surface area contributed by atoms with E-state index >= 15 is 0 Å². The Balaban J connectivity index is 1.62. The number of benzene rings is 1. The zero-order chi connectivity index (χ0) is 18.8. The van der Waals surface area contributed by atoms with Crippen LogP contribution in [0.3, 0.4) is 0 Å². The summed E-state index contributed by atoms with van der Waals surface area (Å²) in [5, 5.41) is 0. The number of carbonyl (C=O) groups excluding carboxylic acids is 1. The molecule has 0 saturated heterocycles. The summed E-state index contributed by atoms with van der Waals surface area (Å²) in [7, 11) is 10.5. The second-order valence-corrected chi connectivity index (χ2v) is 8.85. The molecule has 2 aliphatic rings. The minimum atomic E-state index is -0.0858. The normalized spacial score (nSPS) is 29.2. The van der Waals surface area contributed by atoms with Gasteiger partial charge in [0, 0.05) is 19.1 Å². The largest absolute Gasteiger partial charge is 0.341 e. The SMILES string of the molecule is CN(C)C1C[C@@H]2CC(N(C)C(=O)[C@H](Cc3ccccc3)N(C)C)C[C@@H]2C1. The van der Waals surface area contributed by atoms with Gasteiger partial charge in [0.2, 0.25) is 5.91 Å². The Morgan fingerprint density at radius 3 is 1.96 bits per heavy atom. The fourth-order valence-electron chi connectivity index (χ4n) is 5.03. The lowest BCUT2D eigenvalue weighted by Crippen LogP contribution is -2.48. The van der Waals surface area contributed by atoms with E-state index < -0.39 is 0 Å². The molecule has 2 aliphatic carbocycles. The van der Waals surface area contributed by atoms with Crippen LogP contribution in [0, 0.1) is 11.8 Å². The number of rotatable bonds is 6.